The van der Waals surface area contributed by atoms with Gasteiger partial charge in [-0.2, -0.15) is 0 Å². The first-order valence-corrected chi connectivity index (χ1v) is 7.24. The van der Waals surface area contributed by atoms with Gasteiger partial charge in [-0.25, -0.2) is 0 Å². The van der Waals surface area contributed by atoms with Crippen molar-refractivity contribution in [1.82, 2.24) is 0 Å². The monoisotopic (exact) mass is 284 g/mol. The third-order valence-electron chi connectivity index (χ3n) is 3.61. The average Bonchev–Trinajstić information content (AvgIpc) is 2.88. The molecule has 21 heavy (non-hydrogen) atoms. The maximum atomic E-state index is 5.62. The quantitative estimate of drug-likeness (QED) is 0.725. The van der Waals surface area contributed by atoms with E-state index in [4.69, 9.17) is 20.9 Å². The van der Waals surface area contributed by atoms with Crippen LogP contribution in [0.15, 0.2) is 36.4 Å². The van der Waals surface area contributed by atoms with Gasteiger partial charge in [0.15, 0.2) is 0 Å². The summed E-state index contributed by atoms with van der Waals surface area (Å²) in [6, 6.07) is 12.4. The van der Waals surface area contributed by atoms with Crippen LogP contribution in [0.3, 0.4) is 0 Å². The standard InChI is InChI=1S/C17H20N2O2/c18-5-7-20-14-3-1-12-9-13-2-4-15(21-8-6-19)11-17(13)16(12)10-14/h1-4,10-11H,5-9,18-19H2. The predicted octanol–water partition coefficient (Wildman–Crippen LogP) is 1.93. The van der Waals surface area contributed by atoms with Crippen LogP contribution in [-0.2, 0) is 6.42 Å². The summed E-state index contributed by atoms with van der Waals surface area (Å²) >= 11 is 0. The van der Waals surface area contributed by atoms with Crippen molar-refractivity contribution in [2.24, 2.45) is 11.5 Å². The lowest BCUT2D eigenvalue weighted by atomic mass is 10.1. The van der Waals surface area contributed by atoms with Crippen LogP contribution < -0.4 is 20.9 Å². The van der Waals surface area contributed by atoms with Crippen LogP contribution in [-0.4, -0.2) is 26.3 Å². The van der Waals surface area contributed by atoms with E-state index in [1.807, 2.05) is 12.1 Å². The molecule has 0 saturated heterocycles. The zero-order chi connectivity index (χ0) is 14.7. The van der Waals surface area contributed by atoms with E-state index in [9.17, 15) is 0 Å². The molecule has 2 aromatic carbocycles. The number of benzene rings is 2. The Morgan fingerprint density at radius 1 is 0.762 bits per heavy atom. The second kappa shape index (κ2) is 6.16. The van der Waals surface area contributed by atoms with E-state index >= 15 is 0 Å². The van der Waals surface area contributed by atoms with Crippen molar-refractivity contribution in [3.05, 3.63) is 47.5 Å². The van der Waals surface area contributed by atoms with Crippen LogP contribution in [0.5, 0.6) is 11.5 Å². The lowest BCUT2D eigenvalue weighted by Gasteiger charge is -2.09. The molecule has 0 atom stereocenters. The Morgan fingerprint density at radius 3 is 1.67 bits per heavy atom. The Hall–Kier alpha value is -2.04. The SMILES string of the molecule is NCCOc1ccc2c(c1)-c1cc(OCCN)ccc1C2. The summed E-state index contributed by atoms with van der Waals surface area (Å²) in [6.45, 7) is 2.10. The van der Waals surface area contributed by atoms with E-state index in [0.717, 1.165) is 17.9 Å². The van der Waals surface area contributed by atoms with Gasteiger partial charge in [-0.15, -0.1) is 0 Å². The Balaban J connectivity index is 1.90. The molecule has 0 aromatic heterocycles. The molecule has 4 heteroatoms. The topological polar surface area (TPSA) is 70.5 Å². The fourth-order valence-corrected chi connectivity index (χ4v) is 2.66. The van der Waals surface area contributed by atoms with Gasteiger partial charge in [0.2, 0.25) is 0 Å². The van der Waals surface area contributed by atoms with Gasteiger partial charge in [0, 0.05) is 13.1 Å². The zero-order valence-electron chi connectivity index (χ0n) is 12.0. The van der Waals surface area contributed by atoms with Crippen molar-refractivity contribution in [1.29, 1.82) is 0 Å². The van der Waals surface area contributed by atoms with Gasteiger partial charge in [0.25, 0.3) is 0 Å². The summed E-state index contributed by atoms with van der Waals surface area (Å²) < 4.78 is 11.2. The molecule has 4 N–H and O–H groups in total. The summed E-state index contributed by atoms with van der Waals surface area (Å²) in [4.78, 5) is 0. The molecule has 1 aliphatic carbocycles. The first-order chi connectivity index (χ1) is 10.3. The molecule has 0 unspecified atom stereocenters. The fourth-order valence-electron chi connectivity index (χ4n) is 2.66. The minimum atomic E-state index is 0.519. The predicted molar refractivity (Wildman–Crippen MR) is 83.8 cm³/mol. The number of fused-ring (bicyclic) bond motifs is 3. The molecule has 0 saturated carbocycles. The molecule has 0 fully saturated rings. The van der Waals surface area contributed by atoms with Crippen molar-refractivity contribution in [3.8, 4) is 22.6 Å². The van der Waals surface area contributed by atoms with Gasteiger partial charge in [-0.1, -0.05) is 12.1 Å². The molecular weight excluding hydrogens is 264 g/mol. The first kappa shape index (κ1) is 13.9. The smallest absolute Gasteiger partial charge is 0.120 e. The number of nitrogens with two attached hydrogens (primary N) is 2. The molecule has 0 spiro atoms. The van der Waals surface area contributed by atoms with Crippen LogP contribution in [0.25, 0.3) is 11.1 Å². The van der Waals surface area contributed by atoms with Crippen molar-refractivity contribution < 1.29 is 9.47 Å². The molecule has 0 aliphatic heterocycles. The maximum Gasteiger partial charge on any atom is 0.120 e. The zero-order valence-corrected chi connectivity index (χ0v) is 12.0. The molecule has 0 heterocycles. The first-order valence-electron chi connectivity index (χ1n) is 7.24. The van der Waals surface area contributed by atoms with E-state index in [-0.39, 0.29) is 0 Å². The third-order valence-corrected chi connectivity index (χ3v) is 3.61. The third kappa shape index (κ3) is 2.86. The molecule has 0 amide bonds. The second-order valence-corrected chi connectivity index (χ2v) is 5.09. The molecule has 110 valence electrons. The molecule has 0 radical (unpaired) electrons. The summed E-state index contributed by atoms with van der Waals surface area (Å²) in [5, 5.41) is 0. The van der Waals surface area contributed by atoms with E-state index in [1.165, 1.54) is 22.3 Å². The van der Waals surface area contributed by atoms with Gasteiger partial charge in [-0.3, -0.25) is 0 Å². The van der Waals surface area contributed by atoms with Gasteiger partial charge in [-0.05, 0) is 52.9 Å². The Kier molecular flexibility index (Phi) is 4.08. The van der Waals surface area contributed by atoms with Crippen LogP contribution in [0.1, 0.15) is 11.1 Å². The summed E-state index contributed by atoms with van der Waals surface area (Å²) in [5.41, 5.74) is 16.0. The van der Waals surface area contributed by atoms with Crippen LogP contribution in [0, 0.1) is 0 Å². The number of rotatable bonds is 6. The van der Waals surface area contributed by atoms with E-state index < -0.39 is 0 Å². The highest BCUT2D eigenvalue weighted by Crippen LogP contribution is 2.40. The van der Waals surface area contributed by atoms with Crippen molar-refractivity contribution in [2.75, 3.05) is 26.3 Å². The summed E-state index contributed by atoms with van der Waals surface area (Å²) in [6.07, 6.45) is 0.957. The fraction of sp³-hybridized carbons (Fsp3) is 0.294. The van der Waals surface area contributed by atoms with Crippen LogP contribution in [0.4, 0.5) is 0 Å². The van der Waals surface area contributed by atoms with Gasteiger partial charge >= 0.3 is 0 Å². The highest BCUT2D eigenvalue weighted by molar-refractivity contribution is 5.78. The Labute approximate surface area is 124 Å². The molecule has 4 nitrogen and oxygen atoms in total. The normalized spacial score (nSPS) is 11.9. The van der Waals surface area contributed by atoms with E-state index in [1.54, 1.807) is 0 Å². The summed E-state index contributed by atoms with van der Waals surface area (Å²) in [5.74, 6) is 1.72. The number of hydrogen-bond donors (Lipinski definition) is 2. The van der Waals surface area contributed by atoms with E-state index in [0.29, 0.717) is 26.3 Å². The van der Waals surface area contributed by atoms with Crippen molar-refractivity contribution in [3.63, 3.8) is 0 Å². The van der Waals surface area contributed by atoms with E-state index in [2.05, 4.69) is 24.3 Å². The highest BCUT2D eigenvalue weighted by Gasteiger charge is 2.19. The molecule has 1 aliphatic rings. The van der Waals surface area contributed by atoms with Crippen LogP contribution >= 0.6 is 0 Å². The lowest BCUT2D eigenvalue weighted by Crippen LogP contribution is -2.10. The minimum absolute atomic E-state index is 0.519. The summed E-state index contributed by atoms with van der Waals surface area (Å²) in [7, 11) is 0. The Morgan fingerprint density at radius 2 is 1.24 bits per heavy atom. The minimum Gasteiger partial charge on any atom is -0.492 e. The second-order valence-electron chi connectivity index (χ2n) is 5.09. The molecule has 3 rings (SSSR count). The molecular formula is C17H20N2O2. The van der Waals surface area contributed by atoms with Gasteiger partial charge < -0.3 is 20.9 Å². The molecule has 0 bridgehead atoms. The lowest BCUT2D eigenvalue weighted by molar-refractivity contribution is 0.328. The van der Waals surface area contributed by atoms with Crippen molar-refractivity contribution >= 4 is 0 Å². The van der Waals surface area contributed by atoms with Gasteiger partial charge in [0.1, 0.15) is 24.7 Å². The number of hydrogen-bond acceptors (Lipinski definition) is 4. The van der Waals surface area contributed by atoms with Crippen LogP contribution in [0.2, 0.25) is 0 Å². The Bertz CT molecular complexity index is 585. The highest BCUT2D eigenvalue weighted by atomic mass is 16.5. The number of ether oxygens (including phenoxy) is 2. The van der Waals surface area contributed by atoms with Crippen molar-refractivity contribution in [2.45, 2.75) is 6.42 Å². The molecule has 2 aromatic rings. The van der Waals surface area contributed by atoms with Gasteiger partial charge in [0.05, 0.1) is 0 Å². The maximum absolute atomic E-state index is 5.62. The average molecular weight is 284 g/mol. The largest absolute Gasteiger partial charge is 0.492 e.